The minimum absolute atomic E-state index is 0.189. The average molecular weight is 311 g/mol. The van der Waals surface area contributed by atoms with Gasteiger partial charge < -0.3 is 15.6 Å². The van der Waals surface area contributed by atoms with Crippen LogP contribution in [-0.4, -0.2) is 28.6 Å². The molecular weight excluding hydrogens is 296 g/mol. The van der Waals surface area contributed by atoms with Crippen molar-refractivity contribution in [3.05, 3.63) is 47.6 Å². The molecule has 6 heteroatoms. The molecule has 0 saturated carbocycles. The molecule has 1 heterocycles. The Labute approximate surface area is 126 Å². The Kier molecular flexibility index (Phi) is 5.52. The van der Waals surface area contributed by atoms with Gasteiger partial charge in [-0.05, 0) is 24.3 Å². The maximum absolute atomic E-state index is 9.88. The van der Waals surface area contributed by atoms with Gasteiger partial charge in [0, 0.05) is 11.9 Å². The molecule has 0 aliphatic carbocycles. The van der Waals surface area contributed by atoms with E-state index in [0.717, 1.165) is 5.03 Å². The van der Waals surface area contributed by atoms with E-state index in [2.05, 4.69) is 4.98 Å². The standard InChI is InChI=1S/C14H15ClN2O2S/c15-10-5-6-14(17-7-10)20-9-11(18)8-19-13-4-2-1-3-12(13)16/h1-7,11,18H,8-9,16H2. The summed E-state index contributed by atoms with van der Waals surface area (Å²) >= 11 is 7.20. The van der Waals surface area contributed by atoms with Crippen LogP contribution in [0.2, 0.25) is 5.02 Å². The summed E-state index contributed by atoms with van der Waals surface area (Å²) in [4.78, 5) is 4.14. The number of aliphatic hydroxyl groups is 1. The highest BCUT2D eigenvalue weighted by Crippen LogP contribution is 2.21. The average Bonchev–Trinajstić information content (AvgIpc) is 2.46. The first-order chi connectivity index (χ1) is 9.65. The van der Waals surface area contributed by atoms with Crippen molar-refractivity contribution in [3.63, 3.8) is 0 Å². The van der Waals surface area contributed by atoms with Crippen LogP contribution in [0.1, 0.15) is 0 Å². The van der Waals surface area contributed by atoms with E-state index in [-0.39, 0.29) is 6.61 Å². The predicted molar refractivity (Wildman–Crippen MR) is 82.3 cm³/mol. The van der Waals surface area contributed by atoms with Crippen LogP contribution in [0, 0.1) is 0 Å². The van der Waals surface area contributed by atoms with Crippen LogP contribution in [0.4, 0.5) is 5.69 Å². The van der Waals surface area contributed by atoms with Crippen molar-refractivity contribution in [2.75, 3.05) is 18.1 Å². The minimum Gasteiger partial charge on any atom is -0.489 e. The van der Waals surface area contributed by atoms with Crippen molar-refractivity contribution >= 4 is 29.1 Å². The maximum atomic E-state index is 9.88. The van der Waals surface area contributed by atoms with Crippen LogP contribution in [0.5, 0.6) is 5.75 Å². The summed E-state index contributed by atoms with van der Waals surface area (Å²) in [6.07, 6.45) is 0.981. The zero-order valence-electron chi connectivity index (χ0n) is 10.7. The summed E-state index contributed by atoms with van der Waals surface area (Å²) in [6, 6.07) is 10.8. The van der Waals surface area contributed by atoms with Gasteiger partial charge in [0.05, 0.1) is 21.8 Å². The minimum atomic E-state index is -0.600. The zero-order valence-corrected chi connectivity index (χ0v) is 12.3. The lowest BCUT2D eigenvalue weighted by atomic mass is 10.3. The van der Waals surface area contributed by atoms with Gasteiger partial charge in [0.15, 0.2) is 0 Å². The number of rotatable bonds is 6. The first kappa shape index (κ1) is 15.0. The molecule has 1 unspecified atom stereocenters. The first-order valence-corrected chi connectivity index (χ1v) is 7.41. The molecule has 0 aliphatic rings. The van der Waals surface area contributed by atoms with Crippen molar-refractivity contribution in [2.24, 2.45) is 0 Å². The van der Waals surface area contributed by atoms with E-state index < -0.39 is 6.10 Å². The van der Waals surface area contributed by atoms with E-state index in [1.54, 1.807) is 24.4 Å². The highest BCUT2D eigenvalue weighted by atomic mass is 35.5. The molecule has 4 nitrogen and oxygen atoms in total. The van der Waals surface area contributed by atoms with Gasteiger partial charge in [-0.1, -0.05) is 23.7 Å². The number of nitrogen functional groups attached to an aromatic ring is 1. The predicted octanol–water partition coefficient (Wildman–Crippen LogP) is 2.85. The molecule has 0 saturated heterocycles. The van der Waals surface area contributed by atoms with E-state index in [4.69, 9.17) is 22.1 Å². The summed E-state index contributed by atoms with van der Waals surface area (Å²) in [5.74, 6) is 1.07. The second kappa shape index (κ2) is 7.38. The fraction of sp³-hybridized carbons (Fsp3) is 0.214. The summed E-state index contributed by atoms with van der Waals surface area (Å²) in [5.41, 5.74) is 6.31. The number of thioether (sulfide) groups is 1. The van der Waals surface area contributed by atoms with Crippen molar-refractivity contribution < 1.29 is 9.84 Å². The zero-order chi connectivity index (χ0) is 14.4. The Morgan fingerprint density at radius 1 is 1.30 bits per heavy atom. The van der Waals surface area contributed by atoms with Crippen molar-refractivity contribution in [1.29, 1.82) is 0 Å². The highest BCUT2D eigenvalue weighted by Gasteiger charge is 2.08. The van der Waals surface area contributed by atoms with Gasteiger partial charge >= 0.3 is 0 Å². The number of hydrogen-bond acceptors (Lipinski definition) is 5. The number of nitrogens with two attached hydrogens (primary N) is 1. The number of benzene rings is 1. The summed E-state index contributed by atoms with van der Waals surface area (Å²) in [6.45, 7) is 0.189. The third-order valence-electron chi connectivity index (χ3n) is 2.47. The third kappa shape index (κ3) is 4.59. The number of halogens is 1. The monoisotopic (exact) mass is 310 g/mol. The van der Waals surface area contributed by atoms with Crippen LogP contribution in [0.25, 0.3) is 0 Å². The van der Waals surface area contributed by atoms with E-state index in [1.807, 2.05) is 18.2 Å². The third-order valence-corrected chi connectivity index (χ3v) is 3.79. The molecule has 106 valence electrons. The topological polar surface area (TPSA) is 68.4 Å². The SMILES string of the molecule is Nc1ccccc1OCC(O)CSc1ccc(Cl)cn1. The van der Waals surface area contributed by atoms with Gasteiger partial charge in [0.2, 0.25) is 0 Å². The molecular formula is C14H15ClN2O2S. The molecule has 0 fully saturated rings. The Morgan fingerprint density at radius 3 is 2.80 bits per heavy atom. The molecule has 0 bridgehead atoms. The second-order valence-electron chi connectivity index (χ2n) is 4.13. The number of anilines is 1. The molecule has 0 amide bonds. The Hall–Kier alpha value is -1.43. The number of hydrogen-bond donors (Lipinski definition) is 2. The quantitative estimate of drug-likeness (QED) is 0.634. The van der Waals surface area contributed by atoms with Gasteiger partial charge in [0.1, 0.15) is 12.4 Å². The van der Waals surface area contributed by atoms with Gasteiger partial charge in [-0.2, -0.15) is 0 Å². The van der Waals surface area contributed by atoms with Crippen LogP contribution in [0.3, 0.4) is 0 Å². The van der Waals surface area contributed by atoms with E-state index in [0.29, 0.717) is 22.2 Å². The van der Waals surface area contributed by atoms with Gasteiger partial charge in [-0.15, -0.1) is 11.8 Å². The normalized spacial score (nSPS) is 12.1. The highest BCUT2D eigenvalue weighted by molar-refractivity contribution is 7.99. The molecule has 1 aromatic carbocycles. The molecule has 0 spiro atoms. The first-order valence-electron chi connectivity index (χ1n) is 6.05. The molecule has 2 rings (SSSR count). The van der Waals surface area contributed by atoms with Crippen molar-refractivity contribution in [3.8, 4) is 5.75 Å². The van der Waals surface area contributed by atoms with E-state index in [9.17, 15) is 5.11 Å². The van der Waals surface area contributed by atoms with Crippen molar-refractivity contribution in [1.82, 2.24) is 4.98 Å². The largest absolute Gasteiger partial charge is 0.489 e. The number of nitrogens with zero attached hydrogens (tertiary/aromatic N) is 1. The van der Waals surface area contributed by atoms with Gasteiger partial charge in [0.25, 0.3) is 0 Å². The Morgan fingerprint density at radius 2 is 2.10 bits per heavy atom. The number of ether oxygens (including phenoxy) is 1. The molecule has 0 radical (unpaired) electrons. The number of aliphatic hydroxyl groups excluding tert-OH is 1. The van der Waals surface area contributed by atoms with Crippen molar-refractivity contribution in [2.45, 2.75) is 11.1 Å². The van der Waals surface area contributed by atoms with Crippen LogP contribution < -0.4 is 10.5 Å². The van der Waals surface area contributed by atoms with Crippen LogP contribution >= 0.6 is 23.4 Å². The molecule has 20 heavy (non-hydrogen) atoms. The van der Waals surface area contributed by atoms with Gasteiger partial charge in [-0.25, -0.2) is 4.98 Å². The maximum Gasteiger partial charge on any atom is 0.142 e. The smallest absolute Gasteiger partial charge is 0.142 e. The summed E-state index contributed by atoms with van der Waals surface area (Å²) in [7, 11) is 0. The lowest BCUT2D eigenvalue weighted by molar-refractivity contribution is 0.127. The Balaban J connectivity index is 1.77. The lowest BCUT2D eigenvalue weighted by Crippen LogP contribution is -2.20. The van der Waals surface area contributed by atoms with E-state index in [1.165, 1.54) is 11.8 Å². The molecule has 1 aromatic heterocycles. The van der Waals surface area contributed by atoms with E-state index >= 15 is 0 Å². The molecule has 1 atom stereocenters. The number of para-hydroxylation sites is 2. The summed E-state index contributed by atoms with van der Waals surface area (Å²) in [5, 5.41) is 11.3. The number of pyridine rings is 1. The number of aromatic nitrogens is 1. The lowest BCUT2D eigenvalue weighted by Gasteiger charge is -2.13. The molecule has 0 aliphatic heterocycles. The van der Waals surface area contributed by atoms with Crippen LogP contribution in [-0.2, 0) is 0 Å². The second-order valence-corrected chi connectivity index (χ2v) is 5.61. The molecule has 3 N–H and O–H groups in total. The summed E-state index contributed by atoms with van der Waals surface area (Å²) < 4.78 is 5.48. The fourth-order valence-electron chi connectivity index (χ4n) is 1.48. The van der Waals surface area contributed by atoms with Crippen LogP contribution in [0.15, 0.2) is 47.6 Å². The van der Waals surface area contributed by atoms with Gasteiger partial charge in [-0.3, -0.25) is 0 Å². The molecule has 2 aromatic rings. The fourth-order valence-corrected chi connectivity index (χ4v) is 2.34. The Bertz CT molecular complexity index is 551.